The van der Waals surface area contributed by atoms with Gasteiger partial charge in [0.2, 0.25) is 0 Å². The summed E-state index contributed by atoms with van der Waals surface area (Å²) in [6, 6.07) is 33.0. The lowest BCUT2D eigenvalue weighted by molar-refractivity contribution is 0.426. The van der Waals surface area contributed by atoms with Crippen LogP contribution in [0.2, 0.25) is 0 Å². The predicted octanol–water partition coefficient (Wildman–Crippen LogP) is 4.49. The highest BCUT2D eigenvalue weighted by molar-refractivity contribution is 9.10. The molecule has 1 aliphatic carbocycles. The maximum atomic E-state index is 9.77. The van der Waals surface area contributed by atoms with Crippen molar-refractivity contribution in [2.24, 2.45) is 0 Å². The Balaban J connectivity index is 1.97. The highest BCUT2D eigenvalue weighted by Gasteiger charge is 2.47. The minimum Gasteiger partial charge on any atom is -0.423 e. The van der Waals surface area contributed by atoms with Crippen molar-refractivity contribution < 1.29 is 10.0 Å². The molecule has 0 saturated heterocycles. The van der Waals surface area contributed by atoms with E-state index < -0.39 is 12.5 Å². The Morgan fingerprint density at radius 3 is 1.86 bits per heavy atom. The van der Waals surface area contributed by atoms with Crippen molar-refractivity contribution in [3.05, 3.63) is 124 Å². The average molecular weight is 441 g/mol. The molecule has 0 radical (unpaired) electrons. The summed E-state index contributed by atoms with van der Waals surface area (Å²) in [5.41, 5.74) is 6.80. The van der Waals surface area contributed by atoms with Gasteiger partial charge in [-0.1, -0.05) is 107 Å². The highest BCUT2D eigenvalue weighted by Crippen LogP contribution is 2.57. The Morgan fingerprint density at radius 2 is 1.28 bits per heavy atom. The zero-order chi connectivity index (χ0) is 20.0. The van der Waals surface area contributed by atoms with E-state index in [9.17, 15) is 10.0 Å². The zero-order valence-electron chi connectivity index (χ0n) is 15.6. The molecule has 0 spiro atoms. The molecule has 5 rings (SSSR count). The maximum Gasteiger partial charge on any atom is 0.488 e. The number of fused-ring (bicyclic) bond motifs is 3. The first-order valence-electron chi connectivity index (χ1n) is 9.55. The second-order valence-electron chi connectivity index (χ2n) is 7.32. The molecule has 0 saturated carbocycles. The fraction of sp³-hybridized carbons (Fsp3) is 0.0400. The van der Waals surface area contributed by atoms with Crippen LogP contribution < -0.4 is 5.46 Å². The van der Waals surface area contributed by atoms with Crippen molar-refractivity contribution in [1.29, 1.82) is 0 Å². The molecule has 0 aromatic heterocycles. The van der Waals surface area contributed by atoms with Gasteiger partial charge in [-0.3, -0.25) is 0 Å². The summed E-state index contributed by atoms with van der Waals surface area (Å²) in [6.45, 7) is 0. The molecule has 140 valence electrons. The van der Waals surface area contributed by atoms with Crippen LogP contribution in [0.5, 0.6) is 0 Å². The fourth-order valence-corrected chi connectivity index (χ4v) is 5.34. The summed E-state index contributed by atoms with van der Waals surface area (Å²) < 4.78 is 1.03. The van der Waals surface area contributed by atoms with E-state index in [0.29, 0.717) is 5.46 Å². The molecule has 0 amide bonds. The Morgan fingerprint density at radius 1 is 0.655 bits per heavy atom. The SMILES string of the molecule is OB(O)c1ccc2c(c1)-c1cccc(Br)c1C2(c1ccccc1)c1ccccc1. The van der Waals surface area contributed by atoms with Gasteiger partial charge < -0.3 is 10.0 Å². The summed E-state index contributed by atoms with van der Waals surface area (Å²) in [6.07, 6.45) is 0. The van der Waals surface area contributed by atoms with Crippen LogP contribution in [0.4, 0.5) is 0 Å². The molecule has 2 nitrogen and oxygen atoms in total. The van der Waals surface area contributed by atoms with E-state index in [1.807, 2.05) is 36.4 Å². The predicted molar refractivity (Wildman–Crippen MR) is 121 cm³/mol. The monoisotopic (exact) mass is 440 g/mol. The quantitative estimate of drug-likeness (QED) is 0.406. The van der Waals surface area contributed by atoms with Gasteiger partial charge in [0.1, 0.15) is 0 Å². The van der Waals surface area contributed by atoms with Crippen LogP contribution >= 0.6 is 15.9 Å². The highest BCUT2D eigenvalue weighted by atomic mass is 79.9. The van der Waals surface area contributed by atoms with E-state index in [1.165, 1.54) is 16.7 Å². The van der Waals surface area contributed by atoms with Crippen molar-refractivity contribution in [1.82, 2.24) is 0 Å². The molecule has 4 aromatic carbocycles. The largest absolute Gasteiger partial charge is 0.488 e. The molecule has 0 unspecified atom stereocenters. The molecule has 0 atom stereocenters. The molecule has 0 fully saturated rings. The first-order chi connectivity index (χ1) is 14.1. The van der Waals surface area contributed by atoms with Gasteiger partial charge >= 0.3 is 7.12 Å². The van der Waals surface area contributed by atoms with Crippen molar-refractivity contribution in [2.45, 2.75) is 5.41 Å². The van der Waals surface area contributed by atoms with Crippen molar-refractivity contribution in [3.63, 3.8) is 0 Å². The molecule has 29 heavy (non-hydrogen) atoms. The van der Waals surface area contributed by atoms with Crippen molar-refractivity contribution in [3.8, 4) is 11.1 Å². The fourth-order valence-electron chi connectivity index (χ4n) is 4.68. The van der Waals surface area contributed by atoms with E-state index in [2.05, 4.69) is 76.6 Å². The van der Waals surface area contributed by atoms with Crippen LogP contribution in [0.1, 0.15) is 22.3 Å². The van der Waals surface area contributed by atoms with Crippen LogP contribution in [0.15, 0.2) is 102 Å². The minimum atomic E-state index is -1.50. The summed E-state index contributed by atoms with van der Waals surface area (Å²) in [5.74, 6) is 0. The molecule has 0 aliphatic heterocycles. The van der Waals surface area contributed by atoms with Gasteiger partial charge in [0.15, 0.2) is 0 Å². The van der Waals surface area contributed by atoms with Crippen LogP contribution in [0, 0.1) is 0 Å². The van der Waals surface area contributed by atoms with Gasteiger partial charge in [-0.25, -0.2) is 0 Å². The molecule has 0 bridgehead atoms. The number of hydrogen-bond acceptors (Lipinski definition) is 2. The number of rotatable bonds is 3. The van der Waals surface area contributed by atoms with Gasteiger partial charge in [0.25, 0.3) is 0 Å². The molecular weight excluding hydrogens is 423 g/mol. The Bertz CT molecular complexity index is 1150. The smallest absolute Gasteiger partial charge is 0.423 e. The van der Waals surface area contributed by atoms with Gasteiger partial charge in [-0.15, -0.1) is 0 Å². The Kier molecular flexibility index (Phi) is 4.43. The molecular formula is C25H18BBrO2. The molecule has 2 N–H and O–H groups in total. The van der Waals surface area contributed by atoms with E-state index >= 15 is 0 Å². The van der Waals surface area contributed by atoms with Crippen LogP contribution in [0.25, 0.3) is 11.1 Å². The van der Waals surface area contributed by atoms with Crippen molar-refractivity contribution >= 4 is 28.5 Å². The second kappa shape index (κ2) is 6.99. The van der Waals surface area contributed by atoms with E-state index in [0.717, 1.165) is 21.2 Å². The minimum absolute atomic E-state index is 0.492. The third-order valence-electron chi connectivity index (χ3n) is 5.84. The van der Waals surface area contributed by atoms with Gasteiger partial charge in [0, 0.05) is 4.47 Å². The Hall–Kier alpha value is -2.66. The first kappa shape index (κ1) is 18.4. The summed E-state index contributed by atoms with van der Waals surface area (Å²) in [4.78, 5) is 0. The lowest BCUT2D eigenvalue weighted by Gasteiger charge is -2.34. The maximum absolute atomic E-state index is 9.77. The van der Waals surface area contributed by atoms with Crippen LogP contribution in [-0.2, 0) is 5.41 Å². The third-order valence-corrected chi connectivity index (χ3v) is 6.50. The van der Waals surface area contributed by atoms with E-state index in [-0.39, 0.29) is 0 Å². The summed E-state index contributed by atoms with van der Waals surface area (Å²) >= 11 is 3.83. The molecule has 4 heteroatoms. The first-order valence-corrected chi connectivity index (χ1v) is 10.3. The number of benzene rings is 4. The lowest BCUT2D eigenvalue weighted by atomic mass is 9.67. The van der Waals surface area contributed by atoms with Crippen molar-refractivity contribution in [2.75, 3.05) is 0 Å². The summed E-state index contributed by atoms with van der Waals surface area (Å²) in [5, 5.41) is 19.5. The van der Waals surface area contributed by atoms with Gasteiger partial charge in [-0.05, 0) is 44.9 Å². The molecule has 4 aromatic rings. The normalized spacial score (nSPS) is 13.6. The average Bonchev–Trinajstić information content (AvgIpc) is 3.07. The summed E-state index contributed by atoms with van der Waals surface area (Å²) in [7, 11) is -1.50. The van der Waals surface area contributed by atoms with Gasteiger partial charge in [-0.2, -0.15) is 0 Å². The van der Waals surface area contributed by atoms with E-state index in [4.69, 9.17) is 0 Å². The number of halogens is 1. The zero-order valence-corrected chi connectivity index (χ0v) is 17.2. The van der Waals surface area contributed by atoms with Crippen LogP contribution in [0.3, 0.4) is 0 Å². The standard InChI is InChI=1S/C25H18BBrO2/c27-23-13-7-12-20-21-16-19(26(28)29)14-15-22(21)25(24(20)23,17-8-3-1-4-9-17)18-10-5-2-6-11-18/h1-16,28-29H. The molecule has 1 aliphatic rings. The number of hydrogen-bond donors (Lipinski definition) is 2. The third kappa shape index (κ3) is 2.64. The van der Waals surface area contributed by atoms with Gasteiger partial charge in [0.05, 0.1) is 5.41 Å². The topological polar surface area (TPSA) is 40.5 Å². The van der Waals surface area contributed by atoms with E-state index in [1.54, 1.807) is 0 Å². The van der Waals surface area contributed by atoms with Crippen LogP contribution in [-0.4, -0.2) is 17.2 Å². The lowest BCUT2D eigenvalue weighted by Crippen LogP contribution is -2.32. The Labute approximate surface area is 178 Å². The molecule has 0 heterocycles. The second-order valence-corrected chi connectivity index (χ2v) is 8.18.